The molecule has 0 N–H and O–H groups in total. The Balaban J connectivity index is 2.59. The number of allylic oxidation sites excluding steroid dienone is 4. The molecule has 0 aliphatic heterocycles. The summed E-state index contributed by atoms with van der Waals surface area (Å²) in [6.45, 7) is 7.38. The van der Waals surface area contributed by atoms with E-state index in [0.29, 0.717) is 0 Å². The molecule has 1 radical (unpaired) electrons. The maximum absolute atomic E-state index is 3.78. The normalized spacial score (nSPS) is 16.2. The Morgan fingerprint density at radius 3 is 2.50 bits per heavy atom. The monoisotopic (exact) mass is 105 g/mol. The maximum Gasteiger partial charge on any atom is -0.0229 e. The van der Waals surface area contributed by atoms with Crippen molar-refractivity contribution in [1.29, 1.82) is 0 Å². The third-order valence-electron chi connectivity index (χ3n) is 1.35. The molecule has 0 aromatic carbocycles. The molecular formula is C8H9. The second kappa shape index (κ2) is 1.99. The molecule has 0 bridgehead atoms. The van der Waals surface area contributed by atoms with Crippen LogP contribution >= 0.6 is 0 Å². The van der Waals surface area contributed by atoms with Gasteiger partial charge in [0.25, 0.3) is 0 Å². The fraction of sp³-hybridized carbons (Fsp3) is 0.250. The van der Waals surface area contributed by atoms with Gasteiger partial charge >= 0.3 is 0 Å². The molecule has 0 amide bonds. The molecule has 0 heterocycles. The van der Waals surface area contributed by atoms with Crippen LogP contribution in [0, 0.1) is 6.08 Å². The van der Waals surface area contributed by atoms with Gasteiger partial charge in [0.1, 0.15) is 0 Å². The van der Waals surface area contributed by atoms with Crippen LogP contribution in [-0.2, 0) is 0 Å². The van der Waals surface area contributed by atoms with E-state index in [1.807, 2.05) is 0 Å². The molecule has 0 atom stereocenters. The first-order valence-corrected chi connectivity index (χ1v) is 2.76. The van der Waals surface area contributed by atoms with E-state index in [9.17, 15) is 0 Å². The molecule has 0 aromatic heterocycles. The van der Waals surface area contributed by atoms with Crippen LogP contribution in [0.5, 0.6) is 0 Å². The van der Waals surface area contributed by atoms with Crippen molar-refractivity contribution in [2.75, 3.05) is 0 Å². The summed E-state index contributed by atoms with van der Waals surface area (Å²) in [6, 6.07) is 0. The number of hydrogen-bond acceptors (Lipinski definition) is 0. The van der Waals surface area contributed by atoms with E-state index in [2.05, 4.69) is 19.2 Å². The van der Waals surface area contributed by atoms with Crippen molar-refractivity contribution in [3.63, 3.8) is 0 Å². The first-order valence-electron chi connectivity index (χ1n) is 2.76. The Morgan fingerprint density at radius 2 is 2.38 bits per heavy atom. The first kappa shape index (κ1) is 5.36. The lowest BCUT2D eigenvalue weighted by atomic mass is 9.93. The lowest BCUT2D eigenvalue weighted by molar-refractivity contribution is 0.863. The van der Waals surface area contributed by atoms with E-state index in [4.69, 9.17) is 0 Å². The van der Waals surface area contributed by atoms with Crippen molar-refractivity contribution in [3.8, 4) is 0 Å². The van der Waals surface area contributed by atoms with Crippen molar-refractivity contribution >= 4 is 0 Å². The Labute approximate surface area is 50.2 Å². The average molecular weight is 105 g/mol. The third kappa shape index (κ3) is 0.738. The summed E-state index contributed by atoms with van der Waals surface area (Å²) in [6.07, 6.45) is 7.16. The molecule has 0 unspecified atom stereocenters. The summed E-state index contributed by atoms with van der Waals surface area (Å²) in [7, 11) is 0. The molecule has 0 saturated heterocycles. The Morgan fingerprint density at radius 1 is 1.75 bits per heavy atom. The maximum atomic E-state index is 3.78. The Bertz CT molecular complexity index is 149. The van der Waals surface area contributed by atoms with Gasteiger partial charge in [0, 0.05) is 0 Å². The van der Waals surface area contributed by atoms with Gasteiger partial charge in [-0.3, -0.25) is 0 Å². The molecule has 41 valence electrons. The quantitative estimate of drug-likeness (QED) is 0.472. The largest absolute Gasteiger partial charge is 0.0985 e. The van der Waals surface area contributed by atoms with Crippen LogP contribution in [0.1, 0.15) is 12.8 Å². The van der Waals surface area contributed by atoms with Gasteiger partial charge in [0.05, 0.1) is 0 Å². The van der Waals surface area contributed by atoms with Crippen LogP contribution in [0.2, 0.25) is 0 Å². The van der Waals surface area contributed by atoms with Crippen molar-refractivity contribution in [2.45, 2.75) is 12.8 Å². The van der Waals surface area contributed by atoms with Crippen molar-refractivity contribution in [1.82, 2.24) is 0 Å². The van der Waals surface area contributed by atoms with Crippen LogP contribution < -0.4 is 0 Å². The molecule has 1 rings (SSSR count). The molecule has 0 heteroatoms. The molecule has 0 fully saturated rings. The van der Waals surface area contributed by atoms with Crippen molar-refractivity contribution in [2.24, 2.45) is 0 Å². The molecule has 1 aliphatic carbocycles. The zero-order valence-corrected chi connectivity index (χ0v) is 4.91. The standard InChI is InChI=1S/C8H9/c1-3-7(2)8-5-4-6-8/h3H,1-2,4-5H2. The highest BCUT2D eigenvalue weighted by molar-refractivity contribution is 5.37. The van der Waals surface area contributed by atoms with Crippen LogP contribution in [0.15, 0.2) is 30.4 Å². The summed E-state index contributed by atoms with van der Waals surface area (Å²) < 4.78 is 0. The minimum absolute atomic E-state index is 1.04. The Hall–Kier alpha value is -0.780. The van der Waals surface area contributed by atoms with Gasteiger partial charge in [-0.05, 0) is 30.1 Å². The van der Waals surface area contributed by atoms with Crippen LogP contribution in [0.3, 0.4) is 0 Å². The highest BCUT2D eigenvalue weighted by Crippen LogP contribution is 2.23. The molecule has 0 spiro atoms. The van der Waals surface area contributed by atoms with E-state index in [1.54, 1.807) is 6.08 Å². The van der Waals surface area contributed by atoms with Gasteiger partial charge in [-0.25, -0.2) is 0 Å². The second-order valence-electron chi connectivity index (χ2n) is 1.88. The van der Waals surface area contributed by atoms with Crippen molar-refractivity contribution in [3.05, 3.63) is 36.5 Å². The zero-order chi connectivity index (χ0) is 5.98. The predicted octanol–water partition coefficient (Wildman–Crippen LogP) is 2.25. The van der Waals surface area contributed by atoms with Gasteiger partial charge in [0.2, 0.25) is 0 Å². The van der Waals surface area contributed by atoms with Gasteiger partial charge in [0.15, 0.2) is 0 Å². The van der Waals surface area contributed by atoms with E-state index in [0.717, 1.165) is 18.4 Å². The summed E-state index contributed by atoms with van der Waals surface area (Å²) >= 11 is 0. The van der Waals surface area contributed by atoms with E-state index >= 15 is 0 Å². The topological polar surface area (TPSA) is 0 Å². The Kier molecular flexibility index (Phi) is 1.34. The minimum atomic E-state index is 1.04. The van der Waals surface area contributed by atoms with Crippen LogP contribution in [0.4, 0.5) is 0 Å². The van der Waals surface area contributed by atoms with Crippen LogP contribution in [0.25, 0.3) is 0 Å². The summed E-state index contributed by atoms with van der Waals surface area (Å²) in [5.74, 6) is 0. The smallest absolute Gasteiger partial charge is 0.0229 e. The third-order valence-corrected chi connectivity index (χ3v) is 1.35. The van der Waals surface area contributed by atoms with Crippen molar-refractivity contribution < 1.29 is 0 Å². The lowest BCUT2D eigenvalue weighted by Gasteiger charge is -2.12. The molecule has 0 aromatic rings. The minimum Gasteiger partial charge on any atom is -0.0985 e. The summed E-state index contributed by atoms with van der Waals surface area (Å²) in [4.78, 5) is 0. The molecule has 0 nitrogen and oxygen atoms in total. The predicted molar refractivity (Wildman–Crippen MR) is 35.3 cm³/mol. The van der Waals surface area contributed by atoms with E-state index in [-0.39, 0.29) is 0 Å². The average Bonchev–Trinajstić information content (AvgIpc) is 1.62. The molecular weight excluding hydrogens is 96.1 g/mol. The fourth-order valence-electron chi connectivity index (χ4n) is 0.647. The second-order valence-corrected chi connectivity index (χ2v) is 1.88. The van der Waals surface area contributed by atoms with E-state index in [1.165, 1.54) is 5.57 Å². The molecule has 8 heavy (non-hydrogen) atoms. The van der Waals surface area contributed by atoms with Gasteiger partial charge < -0.3 is 0 Å². The molecule has 0 saturated carbocycles. The molecule has 1 aliphatic rings. The summed E-state index contributed by atoms with van der Waals surface area (Å²) in [5.41, 5.74) is 2.29. The van der Waals surface area contributed by atoms with E-state index < -0.39 is 0 Å². The SMILES string of the molecule is C=CC(=C)C1=[C]CC1. The fourth-order valence-corrected chi connectivity index (χ4v) is 0.647. The highest BCUT2D eigenvalue weighted by Gasteiger charge is 2.05. The summed E-state index contributed by atoms with van der Waals surface area (Å²) in [5, 5.41) is 0. The lowest BCUT2D eigenvalue weighted by Crippen LogP contribution is -1.94. The first-order chi connectivity index (χ1) is 3.84. The van der Waals surface area contributed by atoms with Gasteiger partial charge in [-0.2, -0.15) is 0 Å². The number of rotatable bonds is 2. The zero-order valence-electron chi connectivity index (χ0n) is 4.91. The van der Waals surface area contributed by atoms with Crippen LogP contribution in [-0.4, -0.2) is 0 Å². The highest BCUT2D eigenvalue weighted by atomic mass is 14.1. The number of hydrogen-bond donors (Lipinski definition) is 0. The van der Waals surface area contributed by atoms with Gasteiger partial charge in [-0.15, -0.1) is 0 Å². The van der Waals surface area contributed by atoms with Gasteiger partial charge in [-0.1, -0.05) is 19.2 Å².